The molecule has 0 saturated carbocycles. The van der Waals surface area contributed by atoms with Crippen LogP contribution < -0.4 is 5.73 Å². The summed E-state index contributed by atoms with van der Waals surface area (Å²) in [5.41, 5.74) is 6.06. The third-order valence-corrected chi connectivity index (χ3v) is 3.38. The van der Waals surface area contributed by atoms with Crippen LogP contribution >= 0.6 is 11.6 Å². The van der Waals surface area contributed by atoms with Gasteiger partial charge in [0.2, 0.25) is 0 Å². The largest absolute Gasteiger partial charge is 0.391 e. The molecule has 1 rings (SSSR count). The molecule has 0 aromatic heterocycles. The minimum Gasteiger partial charge on any atom is -0.391 e. The van der Waals surface area contributed by atoms with Crippen LogP contribution in [0.3, 0.4) is 0 Å². The lowest BCUT2D eigenvalue weighted by Crippen LogP contribution is -2.32. The number of halogens is 1. The Balaban J connectivity index is 3.14. The lowest BCUT2D eigenvalue weighted by molar-refractivity contribution is -0.385. The Morgan fingerprint density at radius 1 is 1.56 bits per heavy atom. The molecule has 1 aromatic rings. The van der Waals surface area contributed by atoms with Crippen molar-refractivity contribution in [1.82, 2.24) is 0 Å². The first-order valence-corrected chi connectivity index (χ1v) is 6.13. The summed E-state index contributed by atoms with van der Waals surface area (Å²) in [6, 6.07) is 3.36. The Bertz CT molecular complexity index is 439. The molecule has 3 atom stereocenters. The van der Waals surface area contributed by atoms with Crippen LogP contribution in [0.25, 0.3) is 0 Å². The number of nitro groups is 1. The van der Waals surface area contributed by atoms with Crippen molar-refractivity contribution in [1.29, 1.82) is 0 Å². The van der Waals surface area contributed by atoms with E-state index in [0.717, 1.165) is 6.42 Å². The van der Waals surface area contributed by atoms with E-state index in [2.05, 4.69) is 0 Å². The van der Waals surface area contributed by atoms with Gasteiger partial charge in [0.1, 0.15) is 0 Å². The highest BCUT2D eigenvalue weighted by Crippen LogP contribution is 2.31. The van der Waals surface area contributed by atoms with Gasteiger partial charge in [0.25, 0.3) is 5.69 Å². The van der Waals surface area contributed by atoms with Crippen molar-refractivity contribution in [2.24, 2.45) is 11.7 Å². The quantitative estimate of drug-likeness (QED) is 0.637. The average Bonchev–Trinajstić information content (AvgIpc) is 2.35. The van der Waals surface area contributed by atoms with Gasteiger partial charge in [-0.15, -0.1) is 0 Å². The lowest BCUT2D eigenvalue weighted by atomic mass is 9.91. The zero-order valence-corrected chi connectivity index (χ0v) is 11.1. The van der Waals surface area contributed by atoms with Crippen LogP contribution in [0.1, 0.15) is 31.9 Å². The average molecular weight is 273 g/mol. The highest BCUT2D eigenvalue weighted by atomic mass is 35.5. The van der Waals surface area contributed by atoms with Crippen molar-refractivity contribution >= 4 is 17.3 Å². The predicted molar refractivity (Wildman–Crippen MR) is 70.5 cm³/mol. The number of benzene rings is 1. The van der Waals surface area contributed by atoms with Crippen molar-refractivity contribution in [3.63, 3.8) is 0 Å². The molecule has 100 valence electrons. The fourth-order valence-electron chi connectivity index (χ4n) is 1.74. The van der Waals surface area contributed by atoms with Crippen LogP contribution in [0.5, 0.6) is 0 Å². The molecule has 1 aromatic carbocycles. The summed E-state index contributed by atoms with van der Waals surface area (Å²) in [4.78, 5) is 10.4. The maximum atomic E-state index is 10.9. The topological polar surface area (TPSA) is 89.4 Å². The van der Waals surface area contributed by atoms with E-state index in [1.54, 1.807) is 0 Å². The van der Waals surface area contributed by atoms with Crippen molar-refractivity contribution in [3.8, 4) is 0 Å². The lowest BCUT2D eigenvalue weighted by Gasteiger charge is -2.24. The summed E-state index contributed by atoms with van der Waals surface area (Å²) in [5, 5.41) is 21.3. The third kappa shape index (κ3) is 3.19. The first kappa shape index (κ1) is 14.9. The summed E-state index contributed by atoms with van der Waals surface area (Å²) in [6.07, 6.45) is -0.101. The molecule has 6 heteroatoms. The van der Waals surface area contributed by atoms with Crippen molar-refractivity contribution in [2.45, 2.75) is 32.4 Å². The number of hydrogen-bond donors (Lipinski definition) is 2. The van der Waals surface area contributed by atoms with E-state index in [9.17, 15) is 15.2 Å². The zero-order valence-electron chi connectivity index (χ0n) is 10.3. The number of aliphatic hydroxyl groups is 1. The number of aliphatic hydroxyl groups excluding tert-OH is 1. The van der Waals surface area contributed by atoms with Crippen LogP contribution in [0.4, 0.5) is 5.69 Å². The molecule has 1 unspecified atom stereocenters. The first-order valence-electron chi connectivity index (χ1n) is 5.76. The number of nitro benzene ring substituents is 1. The Hall–Kier alpha value is -1.17. The molecule has 0 aliphatic heterocycles. The molecule has 0 heterocycles. The fraction of sp³-hybridized carbons (Fsp3) is 0.500. The van der Waals surface area contributed by atoms with E-state index in [1.165, 1.54) is 18.2 Å². The molecule has 0 spiro atoms. The van der Waals surface area contributed by atoms with E-state index in [0.29, 0.717) is 5.02 Å². The molecule has 3 N–H and O–H groups in total. The van der Waals surface area contributed by atoms with Gasteiger partial charge in [0, 0.05) is 11.1 Å². The molecular weight excluding hydrogens is 256 g/mol. The molecule has 0 saturated heterocycles. The second-order valence-electron chi connectivity index (χ2n) is 4.36. The SMILES string of the molecule is CCC(C)[C@H](O)[C@H](N)c1cc(Cl)ccc1[N+](=O)[O-]. The smallest absolute Gasteiger partial charge is 0.274 e. The predicted octanol–water partition coefficient (Wildman–Crippen LogP) is 2.66. The van der Waals surface area contributed by atoms with Crippen molar-refractivity contribution < 1.29 is 10.0 Å². The maximum Gasteiger partial charge on any atom is 0.274 e. The molecule has 18 heavy (non-hydrogen) atoms. The molecule has 0 radical (unpaired) electrons. The highest BCUT2D eigenvalue weighted by molar-refractivity contribution is 6.30. The van der Waals surface area contributed by atoms with E-state index < -0.39 is 17.1 Å². The number of hydrogen-bond acceptors (Lipinski definition) is 4. The van der Waals surface area contributed by atoms with Gasteiger partial charge >= 0.3 is 0 Å². The van der Waals surface area contributed by atoms with Crippen LogP contribution in [-0.2, 0) is 0 Å². The van der Waals surface area contributed by atoms with E-state index >= 15 is 0 Å². The standard InChI is InChI=1S/C12H17ClN2O3/c1-3-7(2)12(16)11(14)9-6-8(13)4-5-10(9)15(17)18/h4-7,11-12,16H,3,14H2,1-2H3/t7?,11-,12+/m1/s1. The van der Waals surface area contributed by atoms with Crippen molar-refractivity contribution in [3.05, 3.63) is 38.9 Å². The number of nitrogens with two attached hydrogens (primary N) is 1. The van der Waals surface area contributed by atoms with Crippen molar-refractivity contribution in [2.75, 3.05) is 0 Å². The molecule has 0 aliphatic rings. The van der Waals surface area contributed by atoms with Gasteiger partial charge in [-0.1, -0.05) is 31.9 Å². The second kappa shape index (κ2) is 6.13. The molecule has 0 fully saturated rings. The van der Waals surface area contributed by atoms with Gasteiger partial charge in [0.05, 0.1) is 22.6 Å². The fourth-order valence-corrected chi connectivity index (χ4v) is 1.92. The normalized spacial score (nSPS) is 16.1. The van der Waals surface area contributed by atoms with Crippen LogP contribution in [0, 0.1) is 16.0 Å². The summed E-state index contributed by atoms with van der Waals surface area (Å²) in [5.74, 6) is -0.0430. The molecule has 0 aliphatic carbocycles. The second-order valence-corrected chi connectivity index (χ2v) is 4.80. The van der Waals surface area contributed by atoms with Crippen LogP contribution in [-0.4, -0.2) is 16.1 Å². The van der Waals surface area contributed by atoms with E-state index in [1.807, 2.05) is 13.8 Å². The summed E-state index contributed by atoms with van der Waals surface area (Å²) in [7, 11) is 0. The number of rotatable bonds is 5. The monoisotopic (exact) mass is 272 g/mol. The Morgan fingerprint density at radius 3 is 2.67 bits per heavy atom. The third-order valence-electron chi connectivity index (χ3n) is 3.14. The van der Waals surface area contributed by atoms with Gasteiger partial charge in [-0.25, -0.2) is 0 Å². The zero-order chi connectivity index (χ0) is 13.9. The van der Waals surface area contributed by atoms with Gasteiger partial charge < -0.3 is 10.8 Å². The molecular formula is C12H17ClN2O3. The Kier molecular flexibility index (Phi) is 5.07. The van der Waals surface area contributed by atoms with E-state index in [4.69, 9.17) is 17.3 Å². The summed E-state index contributed by atoms with van der Waals surface area (Å²) < 4.78 is 0. The van der Waals surface area contributed by atoms with Gasteiger partial charge in [-0.3, -0.25) is 10.1 Å². The van der Waals surface area contributed by atoms with Crippen LogP contribution in [0.15, 0.2) is 18.2 Å². The highest BCUT2D eigenvalue weighted by Gasteiger charge is 2.28. The molecule has 5 nitrogen and oxygen atoms in total. The van der Waals surface area contributed by atoms with Gasteiger partial charge in [-0.2, -0.15) is 0 Å². The number of nitrogens with zero attached hydrogens (tertiary/aromatic N) is 1. The Morgan fingerprint density at radius 2 is 2.17 bits per heavy atom. The summed E-state index contributed by atoms with van der Waals surface area (Å²) in [6.45, 7) is 3.77. The first-order chi connectivity index (χ1) is 8.38. The molecule has 0 amide bonds. The van der Waals surface area contributed by atoms with Crippen LogP contribution in [0.2, 0.25) is 5.02 Å². The van der Waals surface area contributed by atoms with E-state index in [-0.39, 0.29) is 17.2 Å². The maximum absolute atomic E-state index is 10.9. The van der Waals surface area contributed by atoms with Gasteiger partial charge in [0.15, 0.2) is 0 Å². The summed E-state index contributed by atoms with van der Waals surface area (Å²) >= 11 is 5.82. The molecule has 0 bridgehead atoms. The van der Waals surface area contributed by atoms with Gasteiger partial charge in [-0.05, 0) is 18.1 Å². The minimum atomic E-state index is -0.841. The Labute approximate surface area is 111 Å². The minimum absolute atomic E-state index is 0.0430.